The first-order valence-corrected chi connectivity index (χ1v) is 6.98. The van der Waals surface area contributed by atoms with Gasteiger partial charge in [0.2, 0.25) is 0 Å². The maximum atomic E-state index is 10.2. The second-order valence-electron chi connectivity index (χ2n) is 3.57. The topological polar surface area (TPSA) is 95.2 Å². The molecule has 0 fully saturated rings. The fourth-order valence-corrected chi connectivity index (χ4v) is 1.74. The summed E-state index contributed by atoms with van der Waals surface area (Å²) in [6.07, 6.45) is 4.82. The molecule has 16 heavy (non-hydrogen) atoms. The normalized spacial score (nSPS) is 11.1. The molecule has 0 rings (SSSR count). The van der Waals surface area contributed by atoms with Crippen molar-refractivity contribution in [2.75, 3.05) is 25.4 Å². The molecule has 0 aliphatic carbocycles. The Morgan fingerprint density at radius 3 is 2.12 bits per heavy atom. The molecule has 0 spiro atoms. The average Bonchev–Trinajstić information content (AvgIpc) is 2.14. The Hall–Kier alpha value is 0.427. The van der Waals surface area contributed by atoms with Crippen LogP contribution in [0.15, 0.2) is 0 Å². The summed E-state index contributed by atoms with van der Waals surface area (Å²) >= 11 is 0. The quantitative estimate of drug-likeness (QED) is 0.243. The molecule has 7 heteroatoms. The van der Waals surface area contributed by atoms with Crippen LogP contribution in [-0.2, 0) is 10.1 Å². The fraction of sp³-hybridized carbons (Fsp3) is 1.00. The zero-order valence-corrected chi connectivity index (χ0v) is 10.9. The molecule has 0 aromatic rings. The third-order valence-corrected chi connectivity index (χ3v) is 2.84. The van der Waals surface area contributed by atoms with E-state index in [0.29, 0.717) is 13.0 Å². The smallest absolute Gasteiger partial charge is 0.748 e. The molecule has 0 aromatic carbocycles. The minimum atomic E-state index is -4.03. The summed E-state index contributed by atoms with van der Waals surface area (Å²) in [5.41, 5.74) is 5.35. The van der Waals surface area contributed by atoms with Crippen molar-refractivity contribution in [1.29, 1.82) is 0 Å². The van der Waals surface area contributed by atoms with Crippen LogP contribution in [0.4, 0.5) is 0 Å². The van der Waals surface area contributed by atoms with Gasteiger partial charge in [-0.1, -0.05) is 12.8 Å². The van der Waals surface area contributed by atoms with Crippen molar-refractivity contribution in [1.82, 2.24) is 5.32 Å². The number of unbranched alkanes of at least 4 members (excludes halogenated alkanes) is 3. The van der Waals surface area contributed by atoms with E-state index in [1.54, 1.807) is 0 Å². The maximum Gasteiger partial charge on any atom is 1.00 e. The van der Waals surface area contributed by atoms with E-state index in [0.717, 1.165) is 38.8 Å². The monoisotopic (exact) mass is 244 g/mol. The number of rotatable bonds is 10. The van der Waals surface area contributed by atoms with Crippen molar-refractivity contribution < 1.29 is 31.8 Å². The second-order valence-corrected chi connectivity index (χ2v) is 5.09. The van der Waals surface area contributed by atoms with E-state index in [2.05, 4.69) is 5.32 Å². The number of nitrogens with one attached hydrogen (secondary N) is 1. The van der Waals surface area contributed by atoms with Crippen molar-refractivity contribution in [3.8, 4) is 0 Å². The molecular formula is C9H21LiN2O3S. The van der Waals surface area contributed by atoms with Crippen LogP contribution in [0.1, 0.15) is 32.1 Å². The molecule has 0 saturated carbocycles. The van der Waals surface area contributed by atoms with E-state index < -0.39 is 10.1 Å². The van der Waals surface area contributed by atoms with Crippen LogP contribution in [0, 0.1) is 0 Å². The molecule has 0 heterocycles. The molecule has 0 saturated heterocycles. The summed E-state index contributed by atoms with van der Waals surface area (Å²) in [6, 6.07) is 0. The molecule has 0 atom stereocenters. The van der Waals surface area contributed by atoms with E-state index in [-0.39, 0.29) is 24.6 Å². The summed E-state index contributed by atoms with van der Waals surface area (Å²) in [6.45, 7) is 2.22. The number of hydrogen-bond donors (Lipinski definition) is 2. The fourth-order valence-electron chi connectivity index (χ4n) is 1.25. The van der Waals surface area contributed by atoms with Gasteiger partial charge in [0.1, 0.15) is 0 Å². The van der Waals surface area contributed by atoms with Gasteiger partial charge in [0, 0.05) is 5.75 Å². The predicted molar refractivity (Wildman–Crippen MR) is 59.6 cm³/mol. The third kappa shape index (κ3) is 16.8. The van der Waals surface area contributed by atoms with Crippen LogP contribution in [0.2, 0.25) is 0 Å². The molecule has 0 bridgehead atoms. The van der Waals surface area contributed by atoms with Gasteiger partial charge in [-0.3, -0.25) is 0 Å². The van der Waals surface area contributed by atoms with E-state index in [9.17, 15) is 13.0 Å². The second kappa shape index (κ2) is 11.9. The van der Waals surface area contributed by atoms with Gasteiger partial charge < -0.3 is 15.6 Å². The van der Waals surface area contributed by atoms with E-state index in [1.165, 1.54) is 0 Å². The minimum absolute atomic E-state index is 0. The van der Waals surface area contributed by atoms with Gasteiger partial charge in [0.25, 0.3) is 0 Å². The van der Waals surface area contributed by atoms with Crippen LogP contribution in [-0.4, -0.2) is 38.4 Å². The van der Waals surface area contributed by atoms with Gasteiger partial charge in [0.15, 0.2) is 0 Å². The average molecular weight is 244 g/mol. The van der Waals surface area contributed by atoms with E-state index in [4.69, 9.17) is 5.73 Å². The van der Waals surface area contributed by atoms with Crippen LogP contribution in [0.25, 0.3) is 0 Å². The molecule has 0 radical (unpaired) electrons. The van der Waals surface area contributed by atoms with Crippen molar-refractivity contribution >= 4 is 10.1 Å². The third-order valence-electron chi connectivity index (χ3n) is 2.06. The summed E-state index contributed by atoms with van der Waals surface area (Å²) in [5, 5.41) is 3.10. The Kier molecular flexibility index (Phi) is 14.0. The molecule has 5 nitrogen and oxygen atoms in total. The van der Waals surface area contributed by atoms with Crippen molar-refractivity contribution in [2.45, 2.75) is 32.1 Å². The number of nitrogens with two attached hydrogens (primary N) is 1. The number of hydrogen-bond acceptors (Lipinski definition) is 5. The standard InChI is InChI=1S/C9H22N2O3S.Li/c10-6-3-1-2-4-7-11-8-5-9-15(12,13)14;/h11H,1-10H2,(H,12,13,14);/q;+1/p-1. The molecule has 3 N–H and O–H groups in total. The van der Waals surface area contributed by atoms with Gasteiger partial charge >= 0.3 is 18.9 Å². The Bertz CT molecular complexity index is 235. The zero-order chi connectivity index (χ0) is 11.6. The summed E-state index contributed by atoms with van der Waals surface area (Å²) in [5.74, 6) is -0.271. The van der Waals surface area contributed by atoms with Gasteiger partial charge in [-0.15, -0.1) is 0 Å². The van der Waals surface area contributed by atoms with Crippen molar-refractivity contribution in [3.05, 3.63) is 0 Å². The Balaban J connectivity index is 0. The largest absolute Gasteiger partial charge is 1.00 e. The first kappa shape index (κ1) is 18.8. The molecular weight excluding hydrogens is 223 g/mol. The van der Waals surface area contributed by atoms with Gasteiger partial charge in [-0.05, 0) is 38.9 Å². The van der Waals surface area contributed by atoms with Gasteiger partial charge in [0.05, 0.1) is 10.1 Å². The SMILES string of the molecule is NCCCCCCNCCCS(=O)(=O)[O-].[Li+]. The van der Waals surface area contributed by atoms with E-state index >= 15 is 0 Å². The van der Waals surface area contributed by atoms with Crippen molar-refractivity contribution in [3.63, 3.8) is 0 Å². The van der Waals surface area contributed by atoms with Gasteiger partial charge in [-0.25, -0.2) is 8.42 Å². The van der Waals surface area contributed by atoms with Crippen molar-refractivity contribution in [2.24, 2.45) is 5.73 Å². The summed E-state index contributed by atoms with van der Waals surface area (Å²) in [4.78, 5) is 0. The molecule has 92 valence electrons. The molecule has 0 unspecified atom stereocenters. The summed E-state index contributed by atoms with van der Waals surface area (Å²) < 4.78 is 30.7. The minimum Gasteiger partial charge on any atom is -0.748 e. The maximum absolute atomic E-state index is 10.2. The molecule has 0 aromatic heterocycles. The van der Waals surface area contributed by atoms with Crippen LogP contribution in [0.3, 0.4) is 0 Å². The van der Waals surface area contributed by atoms with Crippen LogP contribution in [0.5, 0.6) is 0 Å². The Morgan fingerprint density at radius 1 is 1.00 bits per heavy atom. The first-order chi connectivity index (χ1) is 7.06. The predicted octanol–water partition coefficient (Wildman–Crippen LogP) is -2.97. The summed E-state index contributed by atoms with van der Waals surface area (Å²) in [7, 11) is -4.03. The van der Waals surface area contributed by atoms with Gasteiger partial charge in [-0.2, -0.15) is 0 Å². The van der Waals surface area contributed by atoms with Crippen LogP contribution < -0.4 is 29.9 Å². The zero-order valence-electron chi connectivity index (χ0n) is 10.1. The molecule has 0 aliphatic heterocycles. The Morgan fingerprint density at radius 2 is 1.56 bits per heavy atom. The van der Waals surface area contributed by atoms with Crippen LogP contribution >= 0.6 is 0 Å². The molecule has 0 aliphatic rings. The first-order valence-electron chi connectivity index (χ1n) is 5.40. The molecule has 0 amide bonds. The van der Waals surface area contributed by atoms with E-state index in [1.807, 2.05) is 0 Å². The Labute approximate surface area is 110 Å².